The maximum Gasteiger partial charge on any atom is 0.433 e. The zero-order chi connectivity index (χ0) is 15.6. The Balaban J connectivity index is 1.86. The first-order chi connectivity index (χ1) is 10.5. The van der Waals surface area contributed by atoms with Crippen LogP contribution in [0.25, 0.3) is 11.1 Å². The van der Waals surface area contributed by atoms with Crippen molar-refractivity contribution >= 4 is 0 Å². The van der Waals surface area contributed by atoms with Crippen molar-refractivity contribution < 1.29 is 17.9 Å². The second-order valence-electron chi connectivity index (χ2n) is 4.34. The Labute approximate surface area is 122 Å². The number of ether oxygens (including phenoxy) is 1. The highest BCUT2D eigenvalue weighted by molar-refractivity contribution is 5.63. The summed E-state index contributed by atoms with van der Waals surface area (Å²) >= 11 is 0. The smallest absolute Gasteiger partial charge is 0.424 e. The molecule has 5 nitrogen and oxygen atoms in total. The van der Waals surface area contributed by atoms with Gasteiger partial charge in [-0.25, -0.2) is 4.98 Å². The van der Waals surface area contributed by atoms with E-state index in [2.05, 4.69) is 20.2 Å². The molecule has 0 saturated carbocycles. The minimum Gasteiger partial charge on any atom is -0.424 e. The third kappa shape index (κ3) is 3.05. The quantitative estimate of drug-likeness (QED) is 0.801. The third-order valence-electron chi connectivity index (χ3n) is 2.80. The molecule has 1 aromatic carbocycles. The van der Waals surface area contributed by atoms with E-state index in [9.17, 15) is 13.2 Å². The molecule has 0 amide bonds. The van der Waals surface area contributed by atoms with E-state index in [4.69, 9.17) is 4.74 Å². The number of aromatic amines is 1. The molecule has 0 bridgehead atoms. The van der Waals surface area contributed by atoms with Gasteiger partial charge in [0.1, 0.15) is 5.75 Å². The average Bonchev–Trinajstić information content (AvgIpc) is 3.01. The molecule has 22 heavy (non-hydrogen) atoms. The van der Waals surface area contributed by atoms with Crippen LogP contribution in [0.3, 0.4) is 0 Å². The number of rotatable bonds is 3. The van der Waals surface area contributed by atoms with Crippen LogP contribution in [0.15, 0.2) is 48.9 Å². The maximum atomic E-state index is 12.6. The number of nitrogens with zero attached hydrogens (tertiary/aromatic N) is 3. The molecule has 2 heterocycles. The van der Waals surface area contributed by atoms with Gasteiger partial charge in [0, 0.05) is 18.0 Å². The van der Waals surface area contributed by atoms with Crippen LogP contribution in [0.1, 0.15) is 5.69 Å². The highest BCUT2D eigenvalue weighted by Gasteiger charge is 2.33. The molecule has 8 heteroatoms. The third-order valence-corrected chi connectivity index (χ3v) is 2.80. The summed E-state index contributed by atoms with van der Waals surface area (Å²) in [5.74, 6) is 0.332. The fraction of sp³-hybridized carbons (Fsp3) is 0.0714. The largest absolute Gasteiger partial charge is 0.433 e. The van der Waals surface area contributed by atoms with Crippen molar-refractivity contribution in [2.75, 3.05) is 0 Å². The predicted molar refractivity (Wildman–Crippen MR) is 71.1 cm³/mol. The zero-order valence-corrected chi connectivity index (χ0v) is 11.0. The number of H-pyrrole nitrogens is 1. The van der Waals surface area contributed by atoms with E-state index in [0.29, 0.717) is 5.75 Å². The molecule has 0 atom stereocenters. The molecule has 0 fully saturated rings. The van der Waals surface area contributed by atoms with Crippen LogP contribution >= 0.6 is 0 Å². The van der Waals surface area contributed by atoms with E-state index in [-0.39, 0.29) is 6.01 Å². The van der Waals surface area contributed by atoms with Crippen molar-refractivity contribution in [3.63, 3.8) is 0 Å². The van der Waals surface area contributed by atoms with Crippen molar-refractivity contribution in [2.45, 2.75) is 6.18 Å². The molecular formula is C14H9F3N4O. The number of hydrogen-bond acceptors (Lipinski definition) is 4. The van der Waals surface area contributed by atoms with E-state index >= 15 is 0 Å². The predicted octanol–water partition coefficient (Wildman–Crippen LogP) is 3.68. The van der Waals surface area contributed by atoms with Gasteiger partial charge in [0.05, 0.1) is 6.20 Å². The van der Waals surface area contributed by atoms with Gasteiger partial charge in [-0.05, 0) is 23.8 Å². The Morgan fingerprint density at radius 1 is 1.09 bits per heavy atom. The fourth-order valence-corrected chi connectivity index (χ4v) is 1.80. The van der Waals surface area contributed by atoms with E-state index in [1.54, 1.807) is 30.6 Å². The SMILES string of the molecule is FC(F)(F)c1ccnc(Oc2cccc(-c3cn[nH]c3)c2)n1. The number of benzene rings is 1. The number of alkyl halides is 3. The summed E-state index contributed by atoms with van der Waals surface area (Å²) in [6.07, 6.45) is -0.218. The summed E-state index contributed by atoms with van der Waals surface area (Å²) < 4.78 is 43.1. The lowest BCUT2D eigenvalue weighted by Gasteiger charge is -2.08. The van der Waals surface area contributed by atoms with Crippen LogP contribution in [-0.4, -0.2) is 20.2 Å². The van der Waals surface area contributed by atoms with E-state index in [1.165, 1.54) is 0 Å². The summed E-state index contributed by atoms with van der Waals surface area (Å²) in [5.41, 5.74) is 0.581. The number of nitrogens with one attached hydrogen (secondary N) is 1. The summed E-state index contributed by atoms with van der Waals surface area (Å²) in [7, 11) is 0. The Bertz CT molecular complexity index is 772. The molecule has 0 aliphatic heterocycles. The van der Waals surface area contributed by atoms with Crippen molar-refractivity contribution in [3.05, 3.63) is 54.6 Å². The first kappa shape index (κ1) is 14.1. The second kappa shape index (κ2) is 5.47. The highest BCUT2D eigenvalue weighted by atomic mass is 19.4. The summed E-state index contributed by atoms with van der Waals surface area (Å²) in [6.45, 7) is 0. The molecule has 0 saturated heterocycles. The standard InChI is InChI=1S/C14H9F3N4O/c15-14(16,17)12-4-5-18-13(21-12)22-11-3-1-2-9(6-11)10-7-19-20-8-10/h1-8H,(H,19,20). The van der Waals surface area contributed by atoms with E-state index < -0.39 is 11.9 Å². The van der Waals surface area contributed by atoms with Crippen molar-refractivity contribution in [1.29, 1.82) is 0 Å². The van der Waals surface area contributed by atoms with Crippen LogP contribution in [-0.2, 0) is 6.18 Å². The molecule has 0 aliphatic carbocycles. The molecule has 0 radical (unpaired) electrons. The molecule has 2 aromatic heterocycles. The van der Waals surface area contributed by atoms with Gasteiger partial charge in [0.15, 0.2) is 5.69 Å². The Hall–Kier alpha value is -2.90. The van der Waals surface area contributed by atoms with Gasteiger partial charge in [-0.2, -0.15) is 23.3 Å². The minimum absolute atomic E-state index is 0.332. The number of halogens is 3. The molecule has 0 spiro atoms. The summed E-state index contributed by atoms with van der Waals surface area (Å²) in [5, 5.41) is 6.52. The Kier molecular flexibility index (Phi) is 3.50. The lowest BCUT2D eigenvalue weighted by Crippen LogP contribution is -2.08. The van der Waals surface area contributed by atoms with Gasteiger partial charge >= 0.3 is 12.2 Å². The normalized spacial score (nSPS) is 11.4. The lowest BCUT2D eigenvalue weighted by atomic mass is 10.1. The lowest BCUT2D eigenvalue weighted by molar-refractivity contribution is -0.141. The molecule has 0 aliphatic rings. The number of hydrogen-bond donors (Lipinski definition) is 1. The highest BCUT2D eigenvalue weighted by Crippen LogP contribution is 2.29. The average molecular weight is 306 g/mol. The van der Waals surface area contributed by atoms with Crippen molar-refractivity contribution in [2.24, 2.45) is 0 Å². The molecule has 3 aromatic rings. The molecule has 112 valence electrons. The summed E-state index contributed by atoms with van der Waals surface area (Å²) in [6, 6.07) is 7.23. The van der Waals surface area contributed by atoms with E-state index in [0.717, 1.165) is 23.4 Å². The van der Waals surface area contributed by atoms with Crippen LogP contribution in [0.2, 0.25) is 0 Å². The zero-order valence-electron chi connectivity index (χ0n) is 11.0. The van der Waals surface area contributed by atoms with Crippen LogP contribution in [0, 0.1) is 0 Å². The van der Waals surface area contributed by atoms with Crippen molar-refractivity contribution in [1.82, 2.24) is 20.2 Å². The second-order valence-corrected chi connectivity index (χ2v) is 4.34. The monoisotopic (exact) mass is 306 g/mol. The van der Waals surface area contributed by atoms with Gasteiger partial charge in [-0.3, -0.25) is 5.10 Å². The first-order valence-electron chi connectivity index (χ1n) is 6.20. The van der Waals surface area contributed by atoms with Crippen LogP contribution in [0.4, 0.5) is 13.2 Å². The first-order valence-corrected chi connectivity index (χ1v) is 6.20. The summed E-state index contributed by atoms with van der Waals surface area (Å²) in [4.78, 5) is 7.04. The van der Waals surface area contributed by atoms with Gasteiger partial charge < -0.3 is 4.74 Å². The van der Waals surface area contributed by atoms with Gasteiger partial charge in [-0.1, -0.05) is 12.1 Å². The number of aromatic nitrogens is 4. The van der Waals surface area contributed by atoms with E-state index in [1.807, 2.05) is 6.07 Å². The topological polar surface area (TPSA) is 63.7 Å². The van der Waals surface area contributed by atoms with Gasteiger partial charge in [0.2, 0.25) is 0 Å². The van der Waals surface area contributed by atoms with Gasteiger partial charge in [-0.15, -0.1) is 0 Å². The fourth-order valence-electron chi connectivity index (χ4n) is 1.80. The molecular weight excluding hydrogens is 297 g/mol. The van der Waals surface area contributed by atoms with Crippen molar-refractivity contribution in [3.8, 4) is 22.9 Å². The molecule has 1 N–H and O–H groups in total. The molecule has 0 unspecified atom stereocenters. The maximum absolute atomic E-state index is 12.6. The minimum atomic E-state index is -4.54. The van der Waals surface area contributed by atoms with Gasteiger partial charge in [0.25, 0.3) is 0 Å². The van der Waals surface area contributed by atoms with Crippen LogP contribution in [0.5, 0.6) is 11.8 Å². The Morgan fingerprint density at radius 3 is 2.68 bits per heavy atom. The Morgan fingerprint density at radius 2 is 1.95 bits per heavy atom. The molecule has 3 rings (SSSR count). The van der Waals surface area contributed by atoms with Crippen LogP contribution < -0.4 is 4.74 Å².